The maximum Gasteiger partial charge on any atom is 0.301 e. The topological polar surface area (TPSA) is 86.1 Å². The van der Waals surface area contributed by atoms with Crippen LogP contribution in [0, 0.1) is 0 Å². The summed E-state index contributed by atoms with van der Waals surface area (Å²) < 4.78 is 6.96. The number of hydrazine groups is 1. The lowest BCUT2D eigenvalue weighted by Crippen LogP contribution is -2.30. The van der Waals surface area contributed by atoms with E-state index in [0.29, 0.717) is 6.54 Å². The van der Waals surface area contributed by atoms with Gasteiger partial charge in [-0.15, -0.1) is 0 Å². The first kappa shape index (κ1) is 11.5. The maximum absolute atomic E-state index is 11.5. The van der Waals surface area contributed by atoms with Crippen LogP contribution in [0.15, 0.2) is 47.2 Å². The van der Waals surface area contributed by atoms with Crippen LogP contribution in [0.25, 0.3) is 10.9 Å². The standard InChI is InChI=1S/C13H12N4O2/c14-16-13(18)12-10(5-6-19-12)8-17-11-4-2-1-3-9(11)7-15-17/h1-7H,8,14H2,(H,16,18). The Morgan fingerprint density at radius 2 is 2.21 bits per heavy atom. The van der Waals surface area contributed by atoms with Crippen molar-refractivity contribution in [1.29, 1.82) is 0 Å². The van der Waals surface area contributed by atoms with Crippen LogP contribution in [0.3, 0.4) is 0 Å². The van der Waals surface area contributed by atoms with Crippen molar-refractivity contribution in [2.45, 2.75) is 6.54 Å². The van der Waals surface area contributed by atoms with Crippen molar-refractivity contribution in [2.75, 3.05) is 0 Å². The highest BCUT2D eigenvalue weighted by Gasteiger charge is 2.15. The first-order valence-electron chi connectivity index (χ1n) is 5.77. The van der Waals surface area contributed by atoms with E-state index < -0.39 is 5.91 Å². The Morgan fingerprint density at radius 1 is 1.37 bits per heavy atom. The molecule has 0 aliphatic heterocycles. The monoisotopic (exact) mass is 256 g/mol. The Morgan fingerprint density at radius 3 is 3.05 bits per heavy atom. The molecule has 0 radical (unpaired) electrons. The van der Waals surface area contributed by atoms with E-state index in [0.717, 1.165) is 16.5 Å². The molecule has 6 heteroatoms. The lowest BCUT2D eigenvalue weighted by atomic mass is 10.2. The number of carbonyl (C=O) groups excluding carboxylic acids is 1. The molecule has 2 aromatic heterocycles. The van der Waals surface area contributed by atoms with Crippen LogP contribution in [0.1, 0.15) is 16.1 Å². The van der Waals surface area contributed by atoms with Crippen LogP contribution in [0.2, 0.25) is 0 Å². The van der Waals surface area contributed by atoms with Gasteiger partial charge in [0.2, 0.25) is 0 Å². The number of para-hydroxylation sites is 1. The predicted molar refractivity (Wildman–Crippen MR) is 69.2 cm³/mol. The zero-order valence-electron chi connectivity index (χ0n) is 10.0. The first-order valence-corrected chi connectivity index (χ1v) is 5.77. The fraction of sp³-hybridized carbons (Fsp3) is 0.0769. The molecule has 0 aliphatic carbocycles. The Hall–Kier alpha value is -2.60. The Balaban J connectivity index is 1.98. The smallest absolute Gasteiger partial charge is 0.301 e. The minimum Gasteiger partial charge on any atom is -0.459 e. The van der Waals surface area contributed by atoms with Gasteiger partial charge >= 0.3 is 5.91 Å². The molecule has 3 N–H and O–H groups in total. The molecule has 6 nitrogen and oxygen atoms in total. The fourth-order valence-electron chi connectivity index (χ4n) is 2.04. The van der Waals surface area contributed by atoms with E-state index >= 15 is 0 Å². The summed E-state index contributed by atoms with van der Waals surface area (Å²) in [6, 6.07) is 9.61. The van der Waals surface area contributed by atoms with Gasteiger partial charge in [0.1, 0.15) is 0 Å². The number of fused-ring (bicyclic) bond motifs is 1. The number of amides is 1. The number of rotatable bonds is 3. The maximum atomic E-state index is 11.5. The van der Waals surface area contributed by atoms with Gasteiger partial charge in [-0.25, -0.2) is 5.84 Å². The van der Waals surface area contributed by atoms with Crippen molar-refractivity contribution in [2.24, 2.45) is 5.84 Å². The van der Waals surface area contributed by atoms with Gasteiger partial charge in [-0.2, -0.15) is 5.10 Å². The summed E-state index contributed by atoms with van der Waals surface area (Å²) in [7, 11) is 0. The normalized spacial score (nSPS) is 10.8. The highest BCUT2D eigenvalue weighted by Crippen LogP contribution is 2.17. The van der Waals surface area contributed by atoms with E-state index in [1.54, 1.807) is 12.3 Å². The lowest BCUT2D eigenvalue weighted by molar-refractivity contribution is 0.0924. The minimum absolute atomic E-state index is 0.210. The summed E-state index contributed by atoms with van der Waals surface area (Å²) in [5.41, 5.74) is 3.80. The molecular formula is C13H12N4O2. The molecule has 0 atom stereocenters. The SMILES string of the molecule is NNC(=O)c1occc1Cn1ncc2ccccc21. The average Bonchev–Trinajstić information content (AvgIpc) is 3.06. The van der Waals surface area contributed by atoms with Crippen LogP contribution < -0.4 is 11.3 Å². The Bertz CT molecular complexity index is 729. The van der Waals surface area contributed by atoms with Crippen molar-refractivity contribution in [1.82, 2.24) is 15.2 Å². The zero-order chi connectivity index (χ0) is 13.2. The molecule has 0 saturated heterocycles. The van der Waals surface area contributed by atoms with Gasteiger partial charge in [0, 0.05) is 10.9 Å². The molecule has 1 aromatic carbocycles. The number of hydrogen-bond donors (Lipinski definition) is 2. The molecule has 19 heavy (non-hydrogen) atoms. The second kappa shape index (κ2) is 4.58. The number of nitrogens with zero attached hydrogens (tertiary/aromatic N) is 2. The number of nitrogen functional groups attached to an aromatic ring is 1. The molecule has 0 fully saturated rings. The van der Waals surface area contributed by atoms with E-state index in [1.165, 1.54) is 6.26 Å². The van der Waals surface area contributed by atoms with Gasteiger partial charge in [-0.05, 0) is 12.1 Å². The summed E-state index contributed by atoms with van der Waals surface area (Å²) in [5.74, 6) is 4.88. The van der Waals surface area contributed by atoms with Crippen molar-refractivity contribution < 1.29 is 9.21 Å². The number of furan rings is 1. The fourth-order valence-corrected chi connectivity index (χ4v) is 2.04. The van der Waals surface area contributed by atoms with Crippen LogP contribution in [0.4, 0.5) is 0 Å². The van der Waals surface area contributed by atoms with E-state index in [-0.39, 0.29) is 5.76 Å². The molecule has 2 heterocycles. The first-order chi connectivity index (χ1) is 9.29. The lowest BCUT2D eigenvalue weighted by Gasteiger charge is -2.03. The number of nitrogens with one attached hydrogen (secondary N) is 1. The molecule has 3 aromatic rings. The van der Waals surface area contributed by atoms with E-state index in [9.17, 15) is 4.79 Å². The van der Waals surface area contributed by atoms with Crippen LogP contribution in [-0.2, 0) is 6.54 Å². The van der Waals surface area contributed by atoms with Crippen molar-refractivity contribution in [3.8, 4) is 0 Å². The van der Waals surface area contributed by atoms with Crippen molar-refractivity contribution in [3.05, 3.63) is 54.1 Å². The van der Waals surface area contributed by atoms with Gasteiger partial charge < -0.3 is 4.42 Å². The van der Waals surface area contributed by atoms with E-state index in [1.807, 2.05) is 28.9 Å². The number of hydrogen-bond acceptors (Lipinski definition) is 4. The molecule has 96 valence electrons. The molecule has 3 rings (SSSR count). The number of carbonyl (C=O) groups is 1. The van der Waals surface area contributed by atoms with Gasteiger partial charge in [-0.3, -0.25) is 14.9 Å². The van der Waals surface area contributed by atoms with E-state index in [4.69, 9.17) is 10.3 Å². The van der Waals surface area contributed by atoms with Gasteiger partial charge in [0.15, 0.2) is 5.76 Å². The summed E-state index contributed by atoms with van der Waals surface area (Å²) in [4.78, 5) is 11.5. The largest absolute Gasteiger partial charge is 0.459 e. The molecule has 0 bridgehead atoms. The third-order valence-electron chi connectivity index (χ3n) is 2.96. The number of benzene rings is 1. The molecule has 0 saturated carbocycles. The quantitative estimate of drug-likeness (QED) is 0.420. The summed E-state index contributed by atoms with van der Waals surface area (Å²) in [5, 5.41) is 5.36. The summed E-state index contributed by atoms with van der Waals surface area (Å²) >= 11 is 0. The third-order valence-corrected chi connectivity index (χ3v) is 2.96. The van der Waals surface area contributed by atoms with Gasteiger partial charge in [0.05, 0.1) is 24.5 Å². The van der Waals surface area contributed by atoms with Gasteiger partial charge in [0.25, 0.3) is 0 Å². The molecule has 0 aliphatic rings. The molecule has 0 unspecified atom stereocenters. The number of nitrogens with two attached hydrogens (primary N) is 1. The second-order valence-corrected chi connectivity index (χ2v) is 4.11. The van der Waals surface area contributed by atoms with Crippen molar-refractivity contribution in [3.63, 3.8) is 0 Å². The van der Waals surface area contributed by atoms with Gasteiger partial charge in [-0.1, -0.05) is 18.2 Å². The average molecular weight is 256 g/mol. The van der Waals surface area contributed by atoms with Crippen LogP contribution in [-0.4, -0.2) is 15.7 Å². The third kappa shape index (κ3) is 1.98. The van der Waals surface area contributed by atoms with Crippen LogP contribution >= 0.6 is 0 Å². The van der Waals surface area contributed by atoms with Crippen molar-refractivity contribution >= 4 is 16.8 Å². The number of aromatic nitrogens is 2. The highest BCUT2D eigenvalue weighted by atomic mass is 16.3. The Labute approximate surface area is 108 Å². The summed E-state index contributed by atoms with van der Waals surface area (Å²) in [6.45, 7) is 0.451. The highest BCUT2D eigenvalue weighted by molar-refractivity contribution is 5.92. The Kier molecular flexibility index (Phi) is 2.77. The zero-order valence-corrected chi connectivity index (χ0v) is 10.0. The molecule has 1 amide bonds. The molecule has 0 spiro atoms. The molecular weight excluding hydrogens is 244 g/mol. The van der Waals surface area contributed by atoms with Crippen LogP contribution in [0.5, 0.6) is 0 Å². The van der Waals surface area contributed by atoms with E-state index in [2.05, 4.69) is 10.5 Å². The summed E-state index contributed by atoms with van der Waals surface area (Å²) in [6.07, 6.45) is 3.25. The second-order valence-electron chi connectivity index (χ2n) is 4.11. The predicted octanol–water partition coefficient (Wildman–Crippen LogP) is 1.28. The minimum atomic E-state index is -0.448.